The van der Waals surface area contributed by atoms with Crippen molar-refractivity contribution in [2.24, 2.45) is 0 Å². The first-order chi connectivity index (χ1) is 8.87. The van der Waals surface area contributed by atoms with Gasteiger partial charge in [-0.1, -0.05) is 0 Å². The second kappa shape index (κ2) is 4.51. The minimum Gasteiger partial charge on any atom is -0.475 e. The number of nitrogens with zero attached hydrogens (tertiary/aromatic N) is 1. The van der Waals surface area contributed by atoms with Gasteiger partial charge < -0.3 is 14.6 Å². The Kier molecular flexibility index (Phi) is 3.15. The fourth-order valence-electron chi connectivity index (χ4n) is 2.02. The third kappa shape index (κ3) is 2.12. The molecule has 0 spiro atoms. The van der Waals surface area contributed by atoms with Crippen molar-refractivity contribution in [2.75, 3.05) is 6.61 Å². The molecule has 2 atom stereocenters. The topological polar surface area (TPSA) is 98.9 Å². The van der Waals surface area contributed by atoms with E-state index in [1.54, 1.807) is 6.92 Å². The Morgan fingerprint density at radius 1 is 1.63 bits per heavy atom. The summed E-state index contributed by atoms with van der Waals surface area (Å²) in [6.45, 7) is 3.21. The lowest BCUT2D eigenvalue weighted by atomic mass is 9.92. The third-order valence-corrected chi connectivity index (χ3v) is 2.98. The highest BCUT2D eigenvalue weighted by Gasteiger charge is 2.49. The lowest BCUT2D eigenvalue weighted by Gasteiger charge is -2.22. The zero-order chi connectivity index (χ0) is 14.2. The fourth-order valence-corrected chi connectivity index (χ4v) is 2.02. The van der Waals surface area contributed by atoms with E-state index in [4.69, 9.17) is 9.47 Å². The minimum absolute atomic E-state index is 0.122. The first kappa shape index (κ1) is 13.3. The maximum absolute atomic E-state index is 11.7. The molecule has 7 heteroatoms. The minimum atomic E-state index is -1.57. The summed E-state index contributed by atoms with van der Waals surface area (Å²) in [6.07, 6.45) is -1.22. The summed E-state index contributed by atoms with van der Waals surface area (Å²) in [5, 5.41) is 21.0. The average molecular weight is 267 g/mol. The molecule has 19 heavy (non-hydrogen) atoms. The second-order valence-electron chi connectivity index (χ2n) is 4.34. The molecule has 0 saturated carbocycles. The molecule has 7 nitrogen and oxygen atoms in total. The van der Waals surface area contributed by atoms with Gasteiger partial charge in [0.1, 0.15) is 11.4 Å². The highest BCUT2D eigenvalue weighted by molar-refractivity contribution is 5.79. The van der Waals surface area contributed by atoms with Crippen LogP contribution in [0, 0.1) is 10.1 Å². The van der Waals surface area contributed by atoms with Crippen LogP contribution in [0.5, 0.6) is 5.75 Å². The van der Waals surface area contributed by atoms with Crippen LogP contribution in [0.2, 0.25) is 0 Å². The fraction of sp³-hybridized carbons (Fsp3) is 0.417. The van der Waals surface area contributed by atoms with Gasteiger partial charge in [-0.15, -0.1) is 0 Å². The van der Waals surface area contributed by atoms with Crippen molar-refractivity contribution in [3.63, 3.8) is 0 Å². The van der Waals surface area contributed by atoms with E-state index in [1.165, 1.54) is 25.1 Å². The first-order valence-corrected chi connectivity index (χ1v) is 5.72. The smallest absolute Gasteiger partial charge is 0.350 e. The zero-order valence-electron chi connectivity index (χ0n) is 10.5. The van der Waals surface area contributed by atoms with Gasteiger partial charge in [0, 0.05) is 11.6 Å². The quantitative estimate of drug-likeness (QED) is 0.500. The number of nitro groups is 1. The Hall–Kier alpha value is -2.15. The van der Waals surface area contributed by atoms with Crippen LogP contribution in [0.15, 0.2) is 18.2 Å². The van der Waals surface area contributed by atoms with Crippen LogP contribution in [0.4, 0.5) is 5.69 Å². The molecule has 102 valence electrons. The number of non-ortho nitro benzene ring substituents is 1. The van der Waals surface area contributed by atoms with Crippen LogP contribution < -0.4 is 4.74 Å². The molecule has 2 rings (SSSR count). The number of benzene rings is 1. The van der Waals surface area contributed by atoms with Crippen LogP contribution >= 0.6 is 0 Å². The summed E-state index contributed by atoms with van der Waals surface area (Å²) >= 11 is 0. The highest BCUT2D eigenvalue weighted by atomic mass is 16.6. The molecule has 1 aliphatic rings. The van der Waals surface area contributed by atoms with E-state index >= 15 is 0 Å². The highest BCUT2D eigenvalue weighted by Crippen LogP contribution is 2.43. The first-order valence-electron chi connectivity index (χ1n) is 5.72. The molecule has 1 aromatic rings. The van der Waals surface area contributed by atoms with Crippen molar-refractivity contribution in [2.45, 2.75) is 25.6 Å². The van der Waals surface area contributed by atoms with E-state index in [1.807, 2.05) is 0 Å². The van der Waals surface area contributed by atoms with Gasteiger partial charge in [0.15, 0.2) is 0 Å². The van der Waals surface area contributed by atoms with Gasteiger partial charge in [0.25, 0.3) is 5.69 Å². The van der Waals surface area contributed by atoms with Crippen molar-refractivity contribution in [1.82, 2.24) is 0 Å². The van der Waals surface area contributed by atoms with Gasteiger partial charge in [0.2, 0.25) is 6.10 Å². The van der Waals surface area contributed by atoms with Crippen LogP contribution in [0.3, 0.4) is 0 Å². The van der Waals surface area contributed by atoms with Crippen molar-refractivity contribution in [1.29, 1.82) is 0 Å². The Labute approximate surface area is 108 Å². The molecule has 1 aromatic carbocycles. The third-order valence-electron chi connectivity index (χ3n) is 2.98. The van der Waals surface area contributed by atoms with Gasteiger partial charge >= 0.3 is 5.97 Å². The van der Waals surface area contributed by atoms with E-state index in [9.17, 15) is 20.0 Å². The largest absolute Gasteiger partial charge is 0.475 e. The summed E-state index contributed by atoms with van der Waals surface area (Å²) in [5.41, 5.74) is -1.41. The number of fused-ring (bicyclic) bond motifs is 1. The molecule has 0 unspecified atom stereocenters. The number of ether oxygens (including phenoxy) is 2. The van der Waals surface area contributed by atoms with Crippen LogP contribution in [-0.4, -0.2) is 28.7 Å². The van der Waals surface area contributed by atoms with Gasteiger partial charge in [-0.05, 0) is 19.9 Å². The van der Waals surface area contributed by atoms with Gasteiger partial charge in [0.05, 0.1) is 17.6 Å². The number of esters is 1. The van der Waals surface area contributed by atoms with E-state index in [0.29, 0.717) is 5.56 Å². The van der Waals surface area contributed by atoms with Crippen molar-refractivity contribution in [3.8, 4) is 5.75 Å². The van der Waals surface area contributed by atoms with Crippen molar-refractivity contribution in [3.05, 3.63) is 33.9 Å². The van der Waals surface area contributed by atoms with Crippen molar-refractivity contribution < 1.29 is 24.3 Å². The molecule has 0 amide bonds. The molecule has 0 fully saturated rings. The normalized spacial score (nSPS) is 24.5. The SMILES string of the molecule is CCOC(=O)[C@H]1Oc2cc([N+](=O)[O-])ccc2[C@@]1(C)O. The van der Waals surface area contributed by atoms with Crippen LogP contribution in [-0.2, 0) is 15.1 Å². The molecule has 1 N–H and O–H groups in total. The summed E-state index contributed by atoms with van der Waals surface area (Å²) in [4.78, 5) is 21.8. The number of nitro benzene ring substituents is 1. The number of carbonyl (C=O) groups excluding carboxylic acids is 1. The maximum Gasteiger partial charge on any atom is 0.350 e. The number of carbonyl (C=O) groups is 1. The predicted molar refractivity (Wildman–Crippen MR) is 63.7 cm³/mol. The van der Waals surface area contributed by atoms with E-state index in [0.717, 1.165) is 0 Å². The number of hydrogen-bond acceptors (Lipinski definition) is 6. The Balaban J connectivity index is 2.38. The average Bonchev–Trinajstić information content (AvgIpc) is 2.61. The molecule has 0 radical (unpaired) electrons. The van der Waals surface area contributed by atoms with Crippen LogP contribution in [0.1, 0.15) is 19.4 Å². The summed E-state index contributed by atoms with van der Waals surface area (Å²) in [7, 11) is 0. The molecule has 0 aromatic heterocycles. The van der Waals surface area contributed by atoms with Gasteiger partial charge in [-0.2, -0.15) is 0 Å². The second-order valence-corrected chi connectivity index (χ2v) is 4.34. The molecule has 0 saturated heterocycles. The van der Waals surface area contributed by atoms with E-state index in [2.05, 4.69) is 0 Å². The Bertz CT molecular complexity index is 539. The van der Waals surface area contributed by atoms with Gasteiger partial charge in [-0.25, -0.2) is 4.79 Å². The Morgan fingerprint density at radius 3 is 2.89 bits per heavy atom. The number of hydrogen-bond donors (Lipinski definition) is 1. The molecular weight excluding hydrogens is 254 g/mol. The predicted octanol–water partition coefficient (Wildman–Crippen LogP) is 1.13. The molecule has 0 aliphatic carbocycles. The summed E-state index contributed by atoms with van der Waals surface area (Å²) in [6, 6.07) is 3.82. The van der Waals surface area contributed by atoms with Crippen LogP contribution in [0.25, 0.3) is 0 Å². The van der Waals surface area contributed by atoms with Crippen molar-refractivity contribution >= 4 is 11.7 Å². The van der Waals surface area contributed by atoms with Gasteiger partial charge in [-0.3, -0.25) is 10.1 Å². The summed E-state index contributed by atoms with van der Waals surface area (Å²) in [5.74, 6) is -0.580. The monoisotopic (exact) mass is 267 g/mol. The lowest BCUT2D eigenvalue weighted by molar-refractivity contribution is -0.384. The maximum atomic E-state index is 11.7. The van der Waals surface area contributed by atoms with E-state index < -0.39 is 22.6 Å². The lowest BCUT2D eigenvalue weighted by Crippen LogP contribution is -2.42. The molecule has 0 bridgehead atoms. The Morgan fingerprint density at radius 2 is 2.32 bits per heavy atom. The number of rotatable bonds is 3. The zero-order valence-corrected chi connectivity index (χ0v) is 10.5. The van der Waals surface area contributed by atoms with E-state index in [-0.39, 0.29) is 18.0 Å². The summed E-state index contributed by atoms with van der Waals surface area (Å²) < 4.78 is 10.1. The molecular formula is C12H13NO6. The molecule has 1 aliphatic heterocycles. The molecule has 1 heterocycles. The standard InChI is InChI=1S/C12H13NO6/c1-3-18-11(14)10-12(2,15)8-5-4-7(13(16)17)6-9(8)19-10/h4-6,10,15H,3H2,1-2H3/t10-,12-/m1/s1. The number of aliphatic hydroxyl groups is 1.